The van der Waals surface area contributed by atoms with Crippen LogP contribution < -0.4 is 5.73 Å². The first kappa shape index (κ1) is 6.29. The lowest BCUT2D eigenvalue weighted by Crippen LogP contribution is -1.85. The highest BCUT2D eigenvalue weighted by atomic mass is 32.1. The van der Waals surface area contributed by atoms with Gasteiger partial charge >= 0.3 is 0 Å². The number of nitrogens with zero attached hydrogens (tertiary/aromatic N) is 3. The topological polar surface area (TPSA) is 80.5 Å². The van der Waals surface area contributed by atoms with Crippen LogP contribution in [0.5, 0.6) is 0 Å². The van der Waals surface area contributed by atoms with Gasteiger partial charge in [0, 0.05) is 5.38 Å². The standard InChI is InChI=1S/C5H5N5S/c6-5-7-1-3(8-5)4-2-11-10-9-4/h1-2H,(H3,6,7,8). The number of anilines is 1. The van der Waals surface area contributed by atoms with Gasteiger partial charge in [-0.15, -0.1) is 5.10 Å². The second kappa shape index (κ2) is 2.31. The first-order valence-corrected chi connectivity index (χ1v) is 3.78. The van der Waals surface area contributed by atoms with Crippen LogP contribution in [0.2, 0.25) is 0 Å². The van der Waals surface area contributed by atoms with Crippen LogP contribution in [0, 0.1) is 0 Å². The van der Waals surface area contributed by atoms with E-state index in [0.717, 1.165) is 11.4 Å². The first-order valence-electron chi connectivity index (χ1n) is 2.94. The minimum Gasteiger partial charge on any atom is -0.369 e. The van der Waals surface area contributed by atoms with Crippen molar-refractivity contribution in [3.05, 3.63) is 11.6 Å². The van der Waals surface area contributed by atoms with E-state index in [1.165, 1.54) is 11.5 Å². The van der Waals surface area contributed by atoms with E-state index in [9.17, 15) is 0 Å². The van der Waals surface area contributed by atoms with Gasteiger partial charge in [0.25, 0.3) is 0 Å². The van der Waals surface area contributed by atoms with Gasteiger partial charge in [0.2, 0.25) is 0 Å². The molecule has 2 rings (SSSR count). The summed E-state index contributed by atoms with van der Waals surface area (Å²) in [5.41, 5.74) is 6.95. The van der Waals surface area contributed by atoms with Crippen LogP contribution in [0.15, 0.2) is 11.6 Å². The Morgan fingerprint density at radius 1 is 1.55 bits per heavy atom. The largest absolute Gasteiger partial charge is 0.369 e. The minimum absolute atomic E-state index is 0.396. The molecule has 11 heavy (non-hydrogen) atoms. The lowest BCUT2D eigenvalue weighted by molar-refractivity contribution is 1.15. The molecule has 0 aromatic carbocycles. The van der Waals surface area contributed by atoms with Crippen LogP contribution in [-0.2, 0) is 0 Å². The number of aromatic nitrogens is 4. The summed E-state index contributed by atoms with van der Waals surface area (Å²) in [7, 11) is 0. The molecule has 0 atom stereocenters. The van der Waals surface area contributed by atoms with Crippen LogP contribution in [0.3, 0.4) is 0 Å². The molecule has 0 aliphatic heterocycles. The molecule has 0 fully saturated rings. The van der Waals surface area contributed by atoms with Crippen LogP contribution in [0.25, 0.3) is 11.4 Å². The molecule has 0 amide bonds. The fraction of sp³-hybridized carbons (Fsp3) is 0. The normalized spacial score (nSPS) is 10.2. The van der Waals surface area contributed by atoms with Crippen molar-refractivity contribution in [2.45, 2.75) is 0 Å². The fourth-order valence-electron chi connectivity index (χ4n) is 0.749. The lowest BCUT2D eigenvalue weighted by atomic mass is 10.4. The third-order valence-corrected chi connectivity index (χ3v) is 1.74. The zero-order chi connectivity index (χ0) is 7.68. The molecule has 0 aliphatic rings. The van der Waals surface area contributed by atoms with E-state index >= 15 is 0 Å². The molecule has 56 valence electrons. The van der Waals surface area contributed by atoms with E-state index in [-0.39, 0.29) is 0 Å². The quantitative estimate of drug-likeness (QED) is 0.648. The third-order valence-electron chi connectivity index (χ3n) is 1.23. The van der Waals surface area contributed by atoms with Crippen LogP contribution in [-0.4, -0.2) is 19.6 Å². The number of imidazole rings is 1. The lowest BCUT2D eigenvalue weighted by Gasteiger charge is -1.84. The van der Waals surface area contributed by atoms with Gasteiger partial charge in [0.1, 0.15) is 5.69 Å². The van der Waals surface area contributed by atoms with Crippen LogP contribution >= 0.6 is 11.5 Å². The van der Waals surface area contributed by atoms with E-state index in [1.54, 1.807) is 6.20 Å². The Balaban J connectivity index is 2.45. The number of nitrogen functional groups attached to an aromatic ring is 1. The van der Waals surface area contributed by atoms with Crippen molar-refractivity contribution in [1.29, 1.82) is 0 Å². The Kier molecular flexibility index (Phi) is 1.32. The van der Waals surface area contributed by atoms with Crippen molar-refractivity contribution in [3.8, 4) is 11.4 Å². The van der Waals surface area contributed by atoms with E-state index in [1.807, 2.05) is 5.38 Å². The number of nitrogens with two attached hydrogens (primary N) is 1. The summed E-state index contributed by atoms with van der Waals surface area (Å²) in [6, 6.07) is 0. The molecule has 2 heterocycles. The van der Waals surface area contributed by atoms with E-state index < -0.39 is 0 Å². The van der Waals surface area contributed by atoms with Gasteiger partial charge in [0.05, 0.1) is 11.9 Å². The highest BCUT2D eigenvalue weighted by Crippen LogP contribution is 2.14. The molecule has 0 spiro atoms. The Hall–Kier alpha value is -1.43. The van der Waals surface area contributed by atoms with Gasteiger partial charge in [0.15, 0.2) is 5.95 Å². The molecule has 2 aromatic heterocycles. The van der Waals surface area contributed by atoms with E-state index in [4.69, 9.17) is 5.73 Å². The maximum atomic E-state index is 5.37. The molecule has 0 unspecified atom stereocenters. The number of H-pyrrole nitrogens is 1. The Labute approximate surface area is 66.4 Å². The molecular weight excluding hydrogens is 162 g/mol. The summed E-state index contributed by atoms with van der Waals surface area (Å²) >= 11 is 1.29. The number of hydrogen-bond donors (Lipinski definition) is 2. The third kappa shape index (κ3) is 1.07. The van der Waals surface area contributed by atoms with Gasteiger partial charge in [-0.2, -0.15) is 0 Å². The second-order valence-corrected chi connectivity index (χ2v) is 2.58. The molecule has 3 N–H and O–H groups in total. The molecule has 0 radical (unpaired) electrons. The molecule has 0 saturated carbocycles. The van der Waals surface area contributed by atoms with Gasteiger partial charge in [-0.05, 0) is 11.5 Å². The Morgan fingerprint density at radius 3 is 3.00 bits per heavy atom. The smallest absolute Gasteiger partial charge is 0.197 e. The number of aromatic amines is 1. The van der Waals surface area contributed by atoms with Gasteiger partial charge in [-0.25, -0.2) is 4.98 Å². The number of rotatable bonds is 1. The molecule has 2 aromatic rings. The first-order chi connectivity index (χ1) is 5.36. The predicted molar refractivity (Wildman–Crippen MR) is 41.9 cm³/mol. The van der Waals surface area contributed by atoms with Crippen molar-refractivity contribution >= 4 is 17.5 Å². The Bertz CT molecular complexity index is 337. The summed E-state index contributed by atoms with van der Waals surface area (Å²) in [5.74, 6) is 0.396. The molecule has 0 aliphatic carbocycles. The maximum absolute atomic E-state index is 5.37. The maximum Gasteiger partial charge on any atom is 0.197 e. The zero-order valence-corrected chi connectivity index (χ0v) is 6.30. The molecule has 5 nitrogen and oxygen atoms in total. The second-order valence-electron chi connectivity index (χ2n) is 1.97. The highest BCUT2D eigenvalue weighted by molar-refractivity contribution is 7.03. The predicted octanol–water partition coefficient (Wildman–Crippen LogP) is 0.510. The van der Waals surface area contributed by atoms with E-state index in [0.29, 0.717) is 5.95 Å². The van der Waals surface area contributed by atoms with Crippen LogP contribution in [0.1, 0.15) is 0 Å². The van der Waals surface area contributed by atoms with Crippen LogP contribution in [0.4, 0.5) is 5.95 Å². The zero-order valence-electron chi connectivity index (χ0n) is 5.48. The Morgan fingerprint density at radius 2 is 2.45 bits per heavy atom. The van der Waals surface area contributed by atoms with E-state index in [2.05, 4.69) is 19.6 Å². The van der Waals surface area contributed by atoms with Crippen molar-refractivity contribution in [3.63, 3.8) is 0 Å². The molecule has 6 heteroatoms. The molecule has 0 bridgehead atoms. The number of nitrogens with one attached hydrogen (secondary N) is 1. The summed E-state index contributed by atoms with van der Waals surface area (Å²) in [6.07, 6.45) is 1.63. The van der Waals surface area contributed by atoms with Crippen molar-refractivity contribution < 1.29 is 0 Å². The van der Waals surface area contributed by atoms with Crippen molar-refractivity contribution in [2.24, 2.45) is 0 Å². The molecule has 0 saturated heterocycles. The summed E-state index contributed by atoms with van der Waals surface area (Å²) in [5, 5.41) is 5.67. The number of hydrogen-bond acceptors (Lipinski definition) is 5. The van der Waals surface area contributed by atoms with Crippen molar-refractivity contribution in [1.82, 2.24) is 19.6 Å². The van der Waals surface area contributed by atoms with Gasteiger partial charge in [-0.1, -0.05) is 4.49 Å². The average molecular weight is 167 g/mol. The summed E-state index contributed by atoms with van der Waals surface area (Å²) < 4.78 is 3.71. The average Bonchev–Trinajstić information content (AvgIpc) is 2.55. The molecular formula is C5H5N5S. The minimum atomic E-state index is 0.396. The SMILES string of the molecule is Nc1ncc(-c2csnn2)[nH]1. The monoisotopic (exact) mass is 167 g/mol. The van der Waals surface area contributed by atoms with Gasteiger partial charge < -0.3 is 10.7 Å². The summed E-state index contributed by atoms with van der Waals surface area (Å²) in [6.45, 7) is 0. The van der Waals surface area contributed by atoms with Gasteiger partial charge in [-0.3, -0.25) is 0 Å². The fourth-order valence-corrected chi connectivity index (χ4v) is 1.20. The summed E-state index contributed by atoms with van der Waals surface area (Å²) in [4.78, 5) is 6.68. The highest BCUT2D eigenvalue weighted by Gasteiger charge is 2.02. The van der Waals surface area contributed by atoms with Crippen molar-refractivity contribution in [2.75, 3.05) is 5.73 Å².